The molecular weight excluding hydrogens is 544 g/mol. The minimum absolute atomic E-state index is 0.105. The Balaban J connectivity index is 1.62. The Kier molecular flexibility index (Phi) is 10.2. The molecule has 206 valence electrons. The summed E-state index contributed by atoms with van der Waals surface area (Å²) in [6, 6.07) is 17.3. The number of carbonyl (C=O) groups excluding carboxylic acids is 1. The van der Waals surface area contributed by atoms with Crippen LogP contribution >= 0.6 is 23.4 Å². The van der Waals surface area contributed by atoms with Gasteiger partial charge in [-0.05, 0) is 70.4 Å². The minimum Gasteiger partial charge on any atom is -0.492 e. The number of carbonyl (C=O) groups is 1. The van der Waals surface area contributed by atoms with Gasteiger partial charge < -0.3 is 20.3 Å². The number of rotatable bonds is 12. The number of nitriles is 1. The van der Waals surface area contributed by atoms with E-state index in [1.54, 1.807) is 30.1 Å². The monoisotopic (exact) mass is 574 g/mol. The van der Waals surface area contributed by atoms with Gasteiger partial charge in [-0.2, -0.15) is 5.26 Å². The highest BCUT2D eigenvalue weighted by Crippen LogP contribution is 2.38. The zero-order valence-corrected chi connectivity index (χ0v) is 24.3. The molecule has 10 heteroatoms. The van der Waals surface area contributed by atoms with Crippen LogP contribution in [-0.4, -0.2) is 48.0 Å². The highest BCUT2D eigenvalue weighted by atomic mass is 35.5. The molecule has 2 aromatic heterocycles. The molecule has 0 unspecified atom stereocenters. The lowest BCUT2D eigenvalue weighted by atomic mass is 10.1. The number of halogens is 1. The number of hydrogen-bond donors (Lipinski definition) is 2. The van der Waals surface area contributed by atoms with Crippen molar-refractivity contribution in [3.05, 3.63) is 77.2 Å². The van der Waals surface area contributed by atoms with Gasteiger partial charge in [-0.3, -0.25) is 14.8 Å². The standard InChI is InChI=1S/C30H31ClN6O2S/c1-4-39-27-16-25-23(15-26(27)36-29(38)9-7-13-37(2)3)30(20(17-32)18-34-25)35-21-10-11-28(24(31)14-21)40-19-22-8-5-6-12-33-22/h5-6,8,10-12,14-16,18H,4,7,9,13,19H2,1-3H3,(H,34,35)(H,36,38). The van der Waals surface area contributed by atoms with E-state index in [-0.39, 0.29) is 5.91 Å². The number of nitrogens with one attached hydrogen (secondary N) is 2. The van der Waals surface area contributed by atoms with E-state index >= 15 is 0 Å². The summed E-state index contributed by atoms with van der Waals surface area (Å²) in [6.07, 6.45) is 4.42. The third-order valence-electron chi connectivity index (χ3n) is 5.98. The molecule has 4 rings (SSSR count). The molecule has 0 saturated heterocycles. The van der Waals surface area contributed by atoms with Crippen LogP contribution in [0.25, 0.3) is 10.9 Å². The summed E-state index contributed by atoms with van der Waals surface area (Å²) in [7, 11) is 3.95. The molecule has 0 spiro atoms. The third-order valence-corrected chi connectivity index (χ3v) is 7.51. The van der Waals surface area contributed by atoms with Crippen LogP contribution in [0.5, 0.6) is 5.75 Å². The number of thioether (sulfide) groups is 1. The number of nitrogens with zero attached hydrogens (tertiary/aromatic N) is 4. The van der Waals surface area contributed by atoms with Crippen molar-refractivity contribution in [3.63, 3.8) is 0 Å². The van der Waals surface area contributed by atoms with Gasteiger partial charge in [0.2, 0.25) is 5.91 Å². The molecule has 2 heterocycles. The molecule has 0 fully saturated rings. The van der Waals surface area contributed by atoms with E-state index in [9.17, 15) is 10.1 Å². The summed E-state index contributed by atoms with van der Waals surface area (Å²) in [5.41, 5.74) is 3.79. The fourth-order valence-electron chi connectivity index (χ4n) is 4.06. The zero-order valence-electron chi connectivity index (χ0n) is 22.7. The maximum atomic E-state index is 12.7. The molecule has 4 aromatic rings. The van der Waals surface area contributed by atoms with Gasteiger partial charge in [0, 0.05) is 46.6 Å². The van der Waals surface area contributed by atoms with Crippen molar-refractivity contribution in [2.45, 2.75) is 30.4 Å². The molecule has 0 radical (unpaired) electrons. The highest BCUT2D eigenvalue weighted by Gasteiger charge is 2.16. The lowest BCUT2D eigenvalue weighted by Crippen LogP contribution is -2.17. The van der Waals surface area contributed by atoms with Crippen LogP contribution in [0, 0.1) is 11.3 Å². The number of pyridine rings is 2. The van der Waals surface area contributed by atoms with Crippen molar-refractivity contribution in [3.8, 4) is 11.8 Å². The lowest BCUT2D eigenvalue weighted by molar-refractivity contribution is -0.116. The maximum absolute atomic E-state index is 12.7. The Bertz CT molecular complexity index is 1520. The van der Waals surface area contributed by atoms with E-state index in [2.05, 4.69) is 26.7 Å². The predicted molar refractivity (Wildman–Crippen MR) is 163 cm³/mol. The number of fused-ring (bicyclic) bond motifs is 1. The predicted octanol–water partition coefficient (Wildman–Crippen LogP) is 6.87. The third kappa shape index (κ3) is 7.63. The number of anilines is 3. The van der Waals surface area contributed by atoms with E-state index in [0.717, 1.165) is 29.2 Å². The zero-order chi connectivity index (χ0) is 28.5. The van der Waals surface area contributed by atoms with Crippen molar-refractivity contribution >= 4 is 57.2 Å². The summed E-state index contributed by atoms with van der Waals surface area (Å²) in [5.74, 6) is 1.12. The fourth-order valence-corrected chi connectivity index (χ4v) is 5.24. The minimum atomic E-state index is -0.105. The van der Waals surface area contributed by atoms with Crippen LogP contribution in [0.3, 0.4) is 0 Å². The normalized spacial score (nSPS) is 10.9. The van der Waals surface area contributed by atoms with Gasteiger partial charge in [0.1, 0.15) is 11.8 Å². The lowest BCUT2D eigenvalue weighted by Gasteiger charge is -2.17. The van der Waals surface area contributed by atoms with Crippen LogP contribution in [0.1, 0.15) is 31.0 Å². The first-order chi connectivity index (χ1) is 19.4. The molecule has 1 amide bonds. The molecular formula is C30H31ClN6O2S. The van der Waals surface area contributed by atoms with E-state index in [4.69, 9.17) is 16.3 Å². The summed E-state index contributed by atoms with van der Waals surface area (Å²) in [4.78, 5) is 24.5. The second kappa shape index (κ2) is 14.0. The molecule has 0 saturated carbocycles. The molecule has 2 aromatic carbocycles. The maximum Gasteiger partial charge on any atom is 0.224 e. The Morgan fingerprint density at radius 2 is 2.02 bits per heavy atom. The Morgan fingerprint density at radius 3 is 2.73 bits per heavy atom. The van der Waals surface area contributed by atoms with Crippen LogP contribution in [0.15, 0.2) is 65.8 Å². The summed E-state index contributed by atoms with van der Waals surface area (Å²) in [5, 5.41) is 17.5. The van der Waals surface area contributed by atoms with Crippen molar-refractivity contribution in [1.82, 2.24) is 14.9 Å². The SMILES string of the molecule is CCOc1cc2ncc(C#N)c(Nc3ccc(SCc4ccccn4)c(Cl)c3)c2cc1NC(=O)CCCN(C)C. The van der Waals surface area contributed by atoms with E-state index < -0.39 is 0 Å². The molecule has 0 aliphatic heterocycles. The number of amides is 1. The summed E-state index contributed by atoms with van der Waals surface area (Å²) in [6.45, 7) is 3.13. The molecule has 2 N–H and O–H groups in total. The molecule has 0 atom stereocenters. The summed E-state index contributed by atoms with van der Waals surface area (Å²) < 4.78 is 5.81. The van der Waals surface area contributed by atoms with Crippen molar-refractivity contribution in [2.24, 2.45) is 0 Å². The smallest absolute Gasteiger partial charge is 0.224 e. The van der Waals surface area contributed by atoms with Crippen LogP contribution in [0.2, 0.25) is 5.02 Å². The molecule has 0 aliphatic rings. The molecule has 0 aliphatic carbocycles. The van der Waals surface area contributed by atoms with Gasteiger partial charge in [-0.1, -0.05) is 17.7 Å². The number of aromatic nitrogens is 2. The molecule has 0 bridgehead atoms. The van der Waals surface area contributed by atoms with E-state index in [1.807, 2.05) is 62.3 Å². The highest BCUT2D eigenvalue weighted by molar-refractivity contribution is 7.98. The van der Waals surface area contributed by atoms with Gasteiger partial charge in [0.15, 0.2) is 0 Å². The van der Waals surface area contributed by atoms with Gasteiger partial charge in [-0.25, -0.2) is 0 Å². The fraction of sp³-hybridized carbons (Fsp3) is 0.267. The Hall–Kier alpha value is -3.84. The van der Waals surface area contributed by atoms with E-state index in [1.165, 1.54) is 6.20 Å². The number of ether oxygens (including phenoxy) is 1. The average Bonchev–Trinajstić information content (AvgIpc) is 2.94. The average molecular weight is 575 g/mol. The first-order valence-corrected chi connectivity index (χ1v) is 14.3. The largest absolute Gasteiger partial charge is 0.492 e. The second-order valence-electron chi connectivity index (χ2n) is 9.29. The second-order valence-corrected chi connectivity index (χ2v) is 10.7. The first-order valence-electron chi connectivity index (χ1n) is 12.9. The van der Waals surface area contributed by atoms with Gasteiger partial charge in [0.25, 0.3) is 0 Å². The van der Waals surface area contributed by atoms with Crippen molar-refractivity contribution < 1.29 is 9.53 Å². The van der Waals surface area contributed by atoms with Crippen LogP contribution in [0.4, 0.5) is 17.1 Å². The molecule has 8 nitrogen and oxygen atoms in total. The number of benzene rings is 2. The first kappa shape index (κ1) is 29.2. The van der Waals surface area contributed by atoms with Crippen LogP contribution < -0.4 is 15.4 Å². The molecule has 40 heavy (non-hydrogen) atoms. The van der Waals surface area contributed by atoms with Crippen molar-refractivity contribution in [2.75, 3.05) is 37.9 Å². The van der Waals surface area contributed by atoms with E-state index in [0.29, 0.717) is 57.4 Å². The Morgan fingerprint density at radius 1 is 1.18 bits per heavy atom. The Labute approximate surface area is 243 Å². The summed E-state index contributed by atoms with van der Waals surface area (Å²) >= 11 is 8.23. The van der Waals surface area contributed by atoms with Gasteiger partial charge in [-0.15, -0.1) is 11.8 Å². The number of hydrogen-bond acceptors (Lipinski definition) is 8. The topological polar surface area (TPSA) is 103 Å². The van der Waals surface area contributed by atoms with Crippen molar-refractivity contribution in [1.29, 1.82) is 5.26 Å². The van der Waals surface area contributed by atoms with Crippen LogP contribution in [-0.2, 0) is 10.5 Å². The van der Waals surface area contributed by atoms with Gasteiger partial charge >= 0.3 is 0 Å². The quantitative estimate of drug-likeness (QED) is 0.177. The van der Waals surface area contributed by atoms with Gasteiger partial charge in [0.05, 0.1) is 39.8 Å².